The van der Waals surface area contributed by atoms with Gasteiger partial charge in [0.25, 0.3) is 0 Å². The molecule has 2 atom stereocenters. The minimum Gasteiger partial charge on any atom is -0.382 e. The van der Waals surface area contributed by atoms with Crippen molar-refractivity contribution in [3.05, 3.63) is 0 Å². The average Bonchev–Trinajstić information content (AvgIpc) is 2.29. The van der Waals surface area contributed by atoms with Gasteiger partial charge in [-0.1, -0.05) is 6.92 Å². The van der Waals surface area contributed by atoms with Gasteiger partial charge in [0, 0.05) is 26.2 Å². The molecule has 2 unspecified atom stereocenters. The molecular formula is C12H27ClN2O2. The third kappa shape index (κ3) is 6.02. The molecule has 2 N–H and O–H groups in total. The highest BCUT2D eigenvalue weighted by Crippen LogP contribution is 2.21. The van der Waals surface area contributed by atoms with Crippen molar-refractivity contribution in [1.82, 2.24) is 4.90 Å². The van der Waals surface area contributed by atoms with Crippen LogP contribution in [0.4, 0.5) is 0 Å². The Morgan fingerprint density at radius 3 is 2.71 bits per heavy atom. The van der Waals surface area contributed by atoms with Crippen LogP contribution in [0.2, 0.25) is 0 Å². The van der Waals surface area contributed by atoms with Gasteiger partial charge in [-0.15, -0.1) is 12.4 Å². The van der Waals surface area contributed by atoms with Gasteiger partial charge in [-0.2, -0.15) is 0 Å². The molecule has 0 bridgehead atoms. The fraction of sp³-hybridized carbons (Fsp3) is 1.00. The number of nitrogens with zero attached hydrogens (tertiary/aromatic N) is 1. The molecule has 1 saturated heterocycles. The third-order valence-electron chi connectivity index (χ3n) is 3.43. The maximum absolute atomic E-state index is 5.83. The molecule has 17 heavy (non-hydrogen) atoms. The lowest BCUT2D eigenvalue weighted by molar-refractivity contribution is 0.0333. The van der Waals surface area contributed by atoms with E-state index in [1.807, 2.05) is 0 Å². The van der Waals surface area contributed by atoms with Crippen LogP contribution >= 0.6 is 12.4 Å². The number of ether oxygens (including phenoxy) is 2. The standard InChI is InChI=1S/C12H26N2O2.ClH/c1-11-4-3-5-14(12(11)10-13)6-7-16-9-8-15-2;/h11-12H,3-10,13H2,1-2H3;1H. The second kappa shape index (κ2) is 10.1. The molecule has 1 rings (SSSR count). The van der Waals surface area contributed by atoms with Crippen LogP contribution in [0.25, 0.3) is 0 Å². The van der Waals surface area contributed by atoms with E-state index in [9.17, 15) is 0 Å². The van der Waals surface area contributed by atoms with Crippen LogP contribution in [0.1, 0.15) is 19.8 Å². The molecular weight excluding hydrogens is 240 g/mol. The second-order valence-electron chi connectivity index (χ2n) is 4.56. The molecule has 1 heterocycles. The highest BCUT2D eigenvalue weighted by Gasteiger charge is 2.26. The van der Waals surface area contributed by atoms with E-state index in [0.717, 1.165) is 25.6 Å². The van der Waals surface area contributed by atoms with Gasteiger partial charge in [0.1, 0.15) is 0 Å². The zero-order valence-corrected chi connectivity index (χ0v) is 11.9. The molecule has 0 spiro atoms. The molecule has 1 fully saturated rings. The fourth-order valence-corrected chi connectivity index (χ4v) is 2.42. The van der Waals surface area contributed by atoms with Crippen molar-refractivity contribution in [2.24, 2.45) is 11.7 Å². The van der Waals surface area contributed by atoms with E-state index in [4.69, 9.17) is 15.2 Å². The summed E-state index contributed by atoms with van der Waals surface area (Å²) in [6.07, 6.45) is 2.60. The number of hydrogen-bond donors (Lipinski definition) is 1. The highest BCUT2D eigenvalue weighted by molar-refractivity contribution is 5.85. The Bertz CT molecular complexity index is 184. The van der Waals surface area contributed by atoms with Crippen molar-refractivity contribution in [2.75, 3.05) is 46.6 Å². The maximum atomic E-state index is 5.83. The van der Waals surface area contributed by atoms with Gasteiger partial charge < -0.3 is 15.2 Å². The first kappa shape index (κ1) is 17.1. The first-order valence-corrected chi connectivity index (χ1v) is 6.30. The Labute approximate surface area is 111 Å². The molecule has 4 nitrogen and oxygen atoms in total. The van der Waals surface area contributed by atoms with Gasteiger partial charge in [-0.25, -0.2) is 0 Å². The van der Waals surface area contributed by atoms with Crippen molar-refractivity contribution in [3.63, 3.8) is 0 Å². The monoisotopic (exact) mass is 266 g/mol. The van der Waals surface area contributed by atoms with Gasteiger partial charge in [-0.3, -0.25) is 4.90 Å². The van der Waals surface area contributed by atoms with Crippen LogP contribution in [0.3, 0.4) is 0 Å². The van der Waals surface area contributed by atoms with Crippen LogP contribution in [0.5, 0.6) is 0 Å². The number of rotatable bonds is 7. The molecule has 1 aliphatic rings. The summed E-state index contributed by atoms with van der Waals surface area (Å²) in [5.41, 5.74) is 5.83. The van der Waals surface area contributed by atoms with Crippen LogP contribution < -0.4 is 5.73 Å². The summed E-state index contributed by atoms with van der Waals surface area (Å²) >= 11 is 0. The van der Waals surface area contributed by atoms with Crippen LogP contribution in [-0.4, -0.2) is 57.5 Å². The predicted octanol–water partition coefficient (Wildman–Crippen LogP) is 1.13. The Morgan fingerprint density at radius 2 is 2.06 bits per heavy atom. The Balaban J connectivity index is 0.00000256. The molecule has 0 aromatic heterocycles. The van der Waals surface area contributed by atoms with Gasteiger partial charge in [0.2, 0.25) is 0 Å². The normalized spacial score (nSPS) is 25.6. The topological polar surface area (TPSA) is 47.7 Å². The van der Waals surface area contributed by atoms with Crippen molar-refractivity contribution < 1.29 is 9.47 Å². The maximum Gasteiger partial charge on any atom is 0.0700 e. The SMILES string of the molecule is COCCOCCN1CCCC(C)C1CN.Cl. The average molecular weight is 267 g/mol. The molecule has 5 heteroatoms. The Hall–Kier alpha value is 0.130. The summed E-state index contributed by atoms with van der Waals surface area (Å²) in [6.45, 7) is 7.38. The molecule has 0 aromatic carbocycles. The lowest BCUT2D eigenvalue weighted by Gasteiger charge is -2.39. The van der Waals surface area contributed by atoms with E-state index in [-0.39, 0.29) is 12.4 Å². The van der Waals surface area contributed by atoms with Crippen LogP contribution in [0.15, 0.2) is 0 Å². The van der Waals surface area contributed by atoms with Crippen LogP contribution in [-0.2, 0) is 9.47 Å². The second-order valence-corrected chi connectivity index (χ2v) is 4.56. The summed E-state index contributed by atoms with van der Waals surface area (Å²) in [4.78, 5) is 2.47. The molecule has 104 valence electrons. The predicted molar refractivity (Wildman–Crippen MR) is 72.8 cm³/mol. The number of nitrogens with two attached hydrogens (primary N) is 1. The first-order valence-electron chi connectivity index (χ1n) is 6.30. The third-order valence-corrected chi connectivity index (χ3v) is 3.43. The summed E-state index contributed by atoms with van der Waals surface area (Å²) in [7, 11) is 1.69. The minimum atomic E-state index is 0. The number of piperidine rings is 1. The molecule has 1 aliphatic heterocycles. The van der Waals surface area contributed by atoms with E-state index in [0.29, 0.717) is 19.3 Å². The zero-order valence-electron chi connectivity index (χ0n) is 11.1. The number of likely N-dealkylation sites (tertiary alicyclic amines) is 1. The van der Waals surface area contributed by atoms with Crippen LogP contribution in [0, 0.1) is 5.92 Å². The molecule has 0 saturated carbocycles. The Morgan fingerprint density at radius 1 is 1.29 bits per heavy atom. The zero-order chi connectivity index (χ0) is 11.8. The van der Waals surface area contributed by atoms with Gasteiger partial charge >= 0.3 is 0 Å². The largest absolute Gasteiger partial charge is 0.382 e. The summed E-state index contributed by atoms with van der Waals surface area (Å²) in [5.74, 6) is 0.720. The lowest BCUT2D eigenvalue weighted by Crippen LogP contribution is -2.49. The van der Waals surface area contributed by atoms with E-state index in [1.165, 1.54) is 19.4 Å². The van der Waals surface area contributed by atoms with E-state index < -0.39 is 0 Å². The van der Waals surface area contributed by atoms with Crippen molar-refractivity contribution in [1.29, 1.82) is 0 Å². The first-order chi connectivity index (χ1) is 7.79. The fourth-order valence-electron chi connectivity index (χ4n) is 2.42. The summed E-state index contributed by atoms with van der Waals surface area (Å²) in [6, 6.07) is 0.541. The lowest BCUT2D eigenvalue weighted by atomic mass is 9.91. The Kier molecular flexibility index (Phi) is 10.2. The van der Waals surface area contributed by atoms with Crippen molar-refractivity contribution >= 4 is 12.4 Å². The molecule has 0 aromatic rings. The van der Waals surface area contributed by atoms with E-state index in [2.05, 4.69) is 11.8 Å². The van der Waals surface area contributed by atoms with E-state index in [1.54, 1.807) is 7.11 Å². The van der Waals surface area contributed by atoms with E-state index >= 15 is 0 Å². The molecule has 0 amide bonds. The van der Waals surface area contributed by atoms with Gasteiger partial charge in [0.15, 0.2) is 0 Å². The highest BCUT2D eigenvalue weighted by atomic mass is 35.5. The summed E-state index contributed by atoms with van der Waals surface area (Å²) < 4.78 is 10.4. The molecule has 0 aliphatic carbocycles. The van der Waals surface area contributed by atoms with Gasteiger partial charge in [0.05, 0.1) is 19.8 Å². The quantitative estimate of drug-likeness (QED) is 0.702. The number of halogens is 1. The van der Waals surface area contributed by atoms with Crippen molar-refractivity contribution in [2.45, 2.75) is 25.8 Å². The smallest absolute Gasteiger partial charge is 0.0700 e. The van der Waals surface area contributed by atoms with Crippen molar-refractivity contribution in [3.8, 4) is 0 Å². The van der Waals surface area contributed by atoms with Gasteiger partial charge in [-0.05, 0) is 25.3 Å². The minimum absolute atomic E-state index is 0. The number of hydrogen-bond acceptors (Lipinski definition) is 4. The number of methoxy groups -OCH3 is 1. The molecule has 0 radical (unpaired) electrons. The summed E-state index contributed by atoms with van der Waals surface area (Å²) in [5, 5.41) is 0.